The Morgan fingerprint density at radius 3 is 2.64 bits per heavy atom. The van der Waals surface area contributed by atoms with Gasteiger partial charge in [0.2, 0.25) is 21.8 Å². The molecule has 6 rings (SSSR count). The van der Waals surface area contributed by atoms with E-state index in [0.717, 1.165) is 43.0 Å². The quantitative estimate of drug-likeness (QED) is 0.520. The van der Waals surface area contributed by atoms with E-state index in [1.165, 1.54) is 9.87 Å². The second kappa shape index (κ2) is 10.9. The minimum atomic E-state index is -4.00. The van der Waals surface area contributed by atoms with Crippen LogP contribution in [0.25, 0.3) is 11.0 Å². The van der Waals surface area contributed by atoms with Gasteiger partial charge in [0.05, 0.1) is 17.6 Å². The summed E-state index contributed by atoms with van der Waals surface area (Å²) < 4.78 is 38.5. The van der Waals surface area contributed by atoms with Gasteiger partial charge >= 0.3 is 0 Å². The van der Waals surface area contributed by atoms with Crippen LogP contribution >= 0.6 is 11.7 Å². The average molecular weight is 568 g/mol. The zero-order chi connectivity index (χ0) is 27.0. The van der Waals surface area contributed by atoms with Gasteiger partial charge in [0.15, 0.2) is 0 Å². The number of hydrogen-bond acceptors (Lipinski definition) is 7. The van der Waals surface area contributed by atoms with Crippen LogP contribution in [0.4, 0.5) is 0 Å². The molecule has 3 atom stereocenters. The molecule has 1 aliphatic carbocycles. The molecule has 3 heterocycles. The third-order valence-electron chi connectivity index (χ3n) is 8.47. The highest BCUT2D eigenvalue weighted by molar-refractivity contribution is 7.89. The van der Waals surface area contributed by atoms with Gasteiger partial charge in [-0.15, -0.1) is 0 Å². The van der Waals surface area contributed by atoms with E-state index in [1.807, 2.05) is 17.0 Å². The highest BCUT2D eigenvalue weighted by Crippen LogP contribution is 2.40. The number of sulfonamides is 1. The maximum atomic E-state index is 14.2. The molecule has 11 heteroatoms. The Balaban J connectivity index is 1.32. The van der Waals surface area contributed by atoms with E-state index < -0.39 is 27.9 Å². The molecule has 39 heavy (non-hydrogen) atoms. The lowest BCUT2D eigenvalue weighted by Crippen LogP contribution is -2.47. The van der Waals surface area contributed by atoms with Crippen molar-refractivity contribution in [2.45, 2.75) is 62.4 Å². The van der Waals surface area contributed by atoms with Crippen molar-refractivity contribution >= 4 is 44.6 Å². The lowest BCUT2D eigenvalue weighted by Gasteiger charge is -2.32. The molecule has 2 aliphatic heterocycles. The van der Waals surface area contributed by atoms with Gasteiger partial charge in [-0.2, -0.15) is 13.1 Å². The summed E-state index contributed by atoms with van der Waals surface area (Å²) >= 11 is 0.984. The Morgan fingerprint density at radius 2 is 1.77 bits per heavy atom. The van der Waals surface area contributed by atoms with Crippen molar-refractivity contribution in [3.05, 3.63) is 53.6 Å². The molecule has 1 N–H and O–H groups in total. The van der Waals surface area contributed by atoms with Crippen molar-refractivity contribution in [2.24, 2.45) is 11.8 Å². The molecular formula is C28H33N5O4S2. The topological polar surface area (TPSA) is 113 Å². The monoisotopic (exact) mass is 567 g/mol. The summed E-state index contributed by atoms with van der Waals surface area (Å²) in [6.45, 7) is 2.06. The van der Waals surface area contributed by atoms with Crippen LogP contribution in [0.5, 0.6) is 0 Å². The number of hydrogen-bond donors (Lipinski definition) is 1. The molecule has 3 aliphatic rings. The van der Waals surface area contributed by atoms with Crippen LogP contribution in [-0.2, 0) is 32.6 Å². The highest BCUT2D eigenvalue weighted by Gasteiger charge is 2.49. The molecule has 2 fully saturated rings. The van der Waals surface area contributed by atoms with Crippen molar-refractivity contribution in [3.8, 4) is 0 Å². The van der Waals surface area contributed by atoms with Crippen LogP contribution in [0.2, 0.25) is 0 Å². The van der Waals surface area contributed by atoms with Crippen molar-refractivity contribution in [3.63, 3.8) is 0 Å². The summed E-state index contributed by atoms with van der Waals surface area (Å²) in [6, 6.07) is 12.6. The van der Waals surface area contributed by atoms with Crippen LogP contribution in [0.3, 0.4) is 0 Å². The molecule has 0 spiro atoms. The first-order valence-corrected chi connectivity index (χ1v) is 16.0. The predicted octanol–water partition coefficient (Wildman–Crippen LogP) is 3.35. The van der Waals surface area contributed by atoms with Gasteiger partial charge in [-0.1, -0.05) is 43.2 Å². The largest absolute Gasteiger partial charge is 0.356 e. The Kier molecular flexibility index (Phi) is 7.39. The number of fused-ring (bicyclic) bond motifs is 3. The minimum Gasteiger partial charge on any atom is -0.356 e. The van der Waals surface area contributed by atoms with Gasteiger partial charge in [-0.25, -0.2) is 8.42 Å². The maximum absolute atomic E-state index is 14.2. The highest BCUT2D eigenvalue weighted by atomic mass is 32.2. The zero-order valence-corrected chi connectivity index (χ0v) is 23.4. The summed E-state index contributed by atoms with van der Waals surface area (Å²) in [5, 5.41) is 3.03. The lowest BCUT2D eigenvalue weighted by molar-refractivity contribution is -0.136. The van der Waals surface area contributed by atoms with Crippen LogP contribution in [0.15, 0.2) is 47.4 Å². The van der Waals surface area contributed by atoms with Crippen molar-refractivity contribution in [1.82, 2.24) is 23.3 Å². The Morgan fingerprint density at radius 1 is 0.949 bits per heavy atom. The van der Waals surface area contributed by atoms with Crippen LogP contribution in [-0.4, -0.2) is 63.9 Å². The fraction of sp³-hybridized carbons (Fsp3) is 0.500. The van der Waals surface area contributed by atoms with E-state index in [-0.39, 0.29) is 16.7 Å². The molecule has 206 valence electrons. The SMILES string of the molecule is O=C1NCCCCCCN(S(=O)(=O)c2cccc3nsnc23)C2CC(C(=O)N3CCc4ccccc4C3)CC12. The predicted molar refractivity (Wildman–Crippen MR) is 148 cm³/mol. The third-order valence-corrected chi connectivity index (χ3v) is 11.0. The molecule has 1 saturated carbocycles. The number of nitrogens with one attached hydrogen (secondary N) is 1. The smallest absolute Gasteiger partial charge is 0.245 e. The summed E-state index contributed by atoms with van der Waals surface area (Å²) in [7, 11) is -4.00. The summed E-state index contributed by atoms with van der Waals surface area (Å²) in [5.41, 5.74) is 3.31. The van der Waals surface area contributed by atoms with E-state index >= 15 is 0 Å². The third kappa shape index (κ3) is 5.07. The van der Waals surface area contributed by atoms with E-state index in [1.54, 1.807) is 18.2 Å². The molecule has 1 aromatic heterocycles. The first-order valence-electron chi connectivity index (χ1n) is 13.8. The van der Waals surface area contributed by atoms with Gasteiger partial charge in [0.1, 0.15) is 15.9 Å². The van der Waals surface area contributed by atoms with Crippen LogP contribution in [0, 0.1) is 11.8 Å². The Labute approximate surface area is 233 Å². The molecule has 2 aromatic carbocycles. The molecule has 0 radical (unpaired) electrons. The van der Waals surface area contributed by atoms with Gasteiger partial charge in [0.25, 0.3) is 0 Å². The fourth-order valence-electron chi connectivity index (χ4n) is 6.43. The lowest BCUT2D eigenvalue weighted by atomic mass is 9.97. The zero-order valence-electron chi connectivity index (χ0n) is 21.8. The summed E-state index contributed by atoms with van der Waals surface area (Å²) in [4.78, 5) is 29.2. The molecule has 0 bridgehead atoms. The van der Waals surface area contributed by atoms with Gasteiger partial charge in [0, 0.05) is 38.1 Å². The standard InChI is InChI=1S/C28H33N5O4S2/c34-27-22-16-21(28(35)32-15-12-19-8-3-4-9-20(19)18-32)17-24(22)33(14-6-2-1-5-13-29-27)39(36,37)25-11-7-10-23-26(25)31-38-30-23/h3-4,7-11,21-22,24H,1-2,5-6,12-18H2,(H,29,34). The molecular weight excluding hydrogens is 534 g/mol. The number of benzene rings is 2. The number of nitrogens with zero attached hydrogens (tertiary/aromatic N) is 4. The Hall–Kier alpha value is -2.89. The van der Waals surface area contributed by atoms with Crippen molar-refractivity contribution in [1.29, 1.82) is 0 Å². The van der Waals surface area contributed by atoms with Crippen molar-refractivity contribution in [2.75, 3.05) is 19.6 Å². The second-order valence-corrected chi connectivity index (χ2v) is 13.2. The van der Waals surface area contributed by atoms with E-state index in [2.05, 4.69) is 26.2 Å². The molecule has 1 saturated heterocycles. The first-order chi connectivity index (χ1) is 18.9. The number of carbonyl (C=O) groups excluding carboxylic acids is 2. The van der Waals surface area contributed by atoms with Gasteiger partial charge in [-0.3, -0.25) is 9.59 Å². The number of rotatable bonds is 3. The van der Waals surface area contributed by atoms with E-state index in [0.29, 0.717) is 56.5 Å². The Bertz CT molecular complexity index is 1490. The average Bonchev–Trinajstić information content (AvgIpc) is 3.60. The number of aromatic nitrogens is 2. The maximum Gasteiger partial charge on any atom is 0.245 e. The molecule has 9 nitrogen and oxygen atoms in total. The minimum absolute atomic E-state index is 0.0139. The first kappa shape index (κ1) is 26.3. The number of carbonyl (C=O) groups is 2. The van der Waals surface area contributed by atoms with Crippen LogP contribution < -0.4 is 5.32 Å². The van der Waals surface area contributed by atoms with Crippen molar-refractivity contribution < 1.29 is 18.0 Å². The summed E-state index contributed by atoms with van der Waals surface area (Å²) in [5.74, 6) is -1.14. The van der Waals surface area contributed by atoms with E-state index in [9.17, 15) is 18.0 Å². The van der Waals surface area contributed by atoms with Crippen LogP contribution in [0.1, 0.15) is 49.7 Å². The number of amides is 2. The molecule has 2 amide bonds. The molecule has 3 aromatic rings. The van der Waals surface area contributed by atoms with Gasteiger partial charge in [-0.05, 0) is 55.4 Å². The summed E-state index contributed by atoms with van der Waals surface area (Å²) in [6.07, 6.45) is 4.83. The molecule has 3 unspecified atom stereocenters. The fourth-order valence-corrected chi connectivity index (χ4v) is 8.89. The normalized spacial score (nSPS) is 25.0. The van der Waals surface area contributed by atoms with E-state index in [4.69, 9.17) is 0 Å². The second-order valence-electron chi connectivity index (χ2n) is 10.8. The van der Waals surface area contributed by atoms with Gasteiger partial charge < -0.3 is 10.2 Å².